The smallest absolute Gasteiger partial charge is 0.418 e. The van der Waals surface area contributed by atoms with Crippen LogP contribution in [0.4, 0.5) is 24.5 Å². The monoisotopic (exact) mass is 393 g/mol. The van der Waals surface area contributed by atoms with Gasteiger partial charge in [-0.1, -0.05) is 12.1 Å². The van der Waals surface area contributed by atoms with Gasteiger partial charge in [0, 0.05) is 31.9 Å². The van der Waals surface area contributed by atoms with Crippen LogP contribution in [0.1, 0.15) is 12.5 Å². The zero-order valence-electron chi connectivity index (χ0n) is 15.4. The van der Waals surface area contributed by atoms with Gasteiger partial charge in [-0.3, -0.25) is 9.69 Å². The molecule has 0 bridgehead atoms. The number of carbonyl (C=O) groups is 1. The quantitative estimate of drug-likeness (QED) is 0.834. The van der Waals surface area contributed by atoms with E-state index in [1.54, 1.807) is 19.1 Å². The molecule has 0 saturated carbocycles. The Morgan fingerprint density at radius 3 is 2.25 bits per heavy atom. The van der Waals surface area contributed by atoms with Crippen molar-refractivity contribution in [2.45, 2.75) is 19.1 Å². The fourth-order valence-corrected chi connectivity index (χ4v) is 3.27. The fourth-order valence-electron chi connectivity index (χ4n) is 3.27. The van der Waals surface area contributed by atoms with Gasteiger partial charge in [0.25, 0.3) is 0 Å². The van der Waals surface area contributed by atoms with E-state index in [9.17, 15) is 23.1 Å². The molecule has 5 nitrogen and oxygen atoms in total. The van der Waals surface area contributed by atoms with Crippen LogP contribution in [0.3, 0.4) is 0 Å². The lowest BCUT2D eigenvalue weighted by Gasteiger charge is -2.38. The summed E-state index contributed by atoms with van der Waals surface area (Å²) >= 11 is 0. The number of nitrogens with zero attached hydrogens (tertiary/aromatic N) is 2. The van der Waals surface area contributed by atoms with Gasteiger partial charge < -0.3 is 15.3 Å². The number of halogens is 3. The molecule has 28 heavy (non-hydrogen) atoms. The summed E-state index contributed by atoms with van der Waals surface area (Å²) in [5.74, 6) is -0.262. The van der Waals surface area contributed by atoms with Crippen molar-refractivity contribution < 1.29 is 23.1 Å². The Hall–Kier alpha value is -2.74. The largest absolute Gasteiger partial charge is 0.508 e. The number of nitrogens with one attached hydrogen (secondary N) is 1. The second-order valence-corrected chi connectivity index (χ2v) is 6.75. The summed E-state index contributed by atoms with van der Waals surface area (Å²) in [5, 5.41) is 11.8. The van der Waals surface area contributed by atoms with Gasteiger partial charge >= 0.3 is 6.18 Å². The number of hydrogen-bond acceptors (Lipinski definition) is 4. The number of rotatable bonds is 4. The van der Waals surface area contributed by atoms with E-state index in [1.807, 2.05) is 17.0 Å². The summed E-state index contributed by atoms with van der Waals surface area (Å²) < 4.78 is 39.3. The number of carbonyl (C=O) groups excluding carboxylic acids is 1. The third-order valence-corrected chi connectivity index (χ3v) is 4.95. The van der Waals surface area contributed by atoms with Crippen LogP contribution in [-0.4, -0.2) is 48.1 Å². The lowest BCUT2D eigenvalue weighted by molar-refractivity contribution is -0.137. The number of hydrogen-bond donors (Lipinski definition) is 2. The summed E-state index contributed by atoms with van der Waals surface area (Å²) in [6, 6.07) is 11.3. The van der Waals surface area contributed by atoms with Crippen molar-refractivity contribution in [1.29, 1.82) is 0 Å². The van der Waals surface area contributed by atoms with Crippen LogP contribution >= 0.6 is 0 Å². The first-order chi connectivity index (χ1) is 13.3. The van der Waals surface area contributed by atoms with Crippen LogP contribution in [0.15, 0.2) is 48.5 Å². The van der Waals surface area contributed by atoms with Gasteiger partial charge in [-0.2, -0.15) is 13.2 Å². The SMILES string of the molecule is CC(C(=O)Nc1ccccc1C(F)(F)F)N1CCN(c2ccc(O)cc2)CC1. The number of benzene rings is 2. The second kappa shape index (κ2) is 8.10. The van der Waals surface area contributed by atoms with Crippen LogP contribution in [0, 0.1) is 0 Å². The Balaban J connectivity index is 1.60. The predicted molar refractivity (Wildman–Crippen MR) is 101 cm³/mol. The number of phenolic OH excluding ortho intramolecular Hbond substituents is 1. The Morgan fingerprint density at radius 1 is 1.04 bits per heavy atom. The summed E-state index contributed by atoms with van der Waals surface area (Å²) in [5.41, 5.74) is -0.101. The molecule has 3 rings (SSSR count). The van der Waals surface area contributed by atoms with Gasteiger partial charge in [-0.05, 0) is 43.3 Å². The molecule has 0 aliphatic carbocycles. The highest BCUT2D eigenvalue weighted by Gasteiger charge is 2.34. The summed E-state index contributed by atoms with van der Waals surface area (Å²) in [6.45, 7) is 4.28. The second-order valence-electron chi connectivity index (χ2n) is 6.75. The normalized spacial score (nSPS) is 16.6. The Bertz CT molecular complexity index is 816. The van der Waals surface area contributed by atoms with Gasteiger partial charge in [0.15, 0.2) is 0 Å². The lowest BCUT2D eigenvalue weighted by Crippen LogP contribution is -2.52. The Morgan fingerprint density at radius 2 is 1.64 bits per heavy atom. The van der Waals surface area contributed by atoms with Crippen molar-refractivity contribution in [3.8, 4) is 5.75 Å². The molecule has 2 aromatic carbocycles. The van der Waals surface area contributed by atoms with Crippen LogP contribution in [0.2, 0.25) is 0 Å². The van der Waals surface area contributed by atoms with Crippen molar-refractivity contribution in [2.75, 3.05) is 36.4 Å². The Kier molecular flexibility index (Phi) is 5.79. The highest BCUT2D eigenvalue weighted by molar-refractivity contribution is 5.95. The predicted octanol–water partition coefficient (Wildman–Crippen LogP) is 3.56. The molecule has 0 aromatic heterocycles. The molecule has 150 valence electrons. The number of aromatic hydroxyl groups is 1. The topological polar surface area (TPSA) is 55.8 Å². The highest BCUT2D eigenvalue weighted by atomic mass is 19.4. The van der Waals surface area contributed by atoms with Gasteiger partial charge in [-0.15, -0.1) is 0 Å². The number of phenols is 1. The maximum Gasteiger partial charge on any atom is 0.418 e. The van der Waals surface area contributed by atoms with Crippen LogP contribution in [0.5, 0.6) is 5.75 Å². The first kappa shape index (κ1) is 20.0. The number of amides is 1. The Labute approximate surface area is 161 Å². The van der Waals surface area contributed by atoms with E-state index in [2.05, 4.69) is 10.2 Å². The van der Waals surface area contributed by atoms with Gasteiger partial charge in [-0.25, -0.2) is 0 Å². The zero-order valence-corrected chi connectivity index (χ0v) is 15.4. The number of para-hydroxylation sites is 1. The van der Waals surface area contributed by atoms with Gasteiger partial charge in [0.05, 0.1) is 17.3 Å². The molecule has 1 fully saturated rings. The third kappa shape index (κ3) is 4.56. The number of anilines is 2. The van der Waals surface area contributed by atoms with E-state index in [0.717, 1.165) is 11.8 Å². The molecule has 1 atom stereocenters. The minimum absolute atomic E-state index is 0.201. The zero-order chi connectivity index (χ0) is 20.3. The van der Waals surface area contributed by atoms with E-state index >= 15 is 0 Å². The average Bonchev–Trinajstić information content (AvgIpc) is 2.68. The summed E-state index contributed by atoms with van der Waals surface area (Å²) in [7, 11) is 0. The highest BCUT2D eigenvalue weighted by Crippen LogP contribution is 2.34. The molecular weight excluding hydrogens is 371 g/mol. The van der Waals surface area contributed by atoms with E-state index < -0.39 is 23.7 Å². The first-order valence-corrected chi connectivity index (χ1v) is 9.01. The van der Waals surface area contributed by atoms with Crippen LogP contribution in [-0.2, 0) is 11.0 Å². The molecule has 0 radical (unpaired) electrons. The molecule has 2 N–H and O–H groups in total. The molecule has 1 unspecified atom stereocenters. The average molecular weight is 393 g/mol. The standard InChI is InChI=1S/C20H22F3N3O2/c1-14(19(28)24-18-5-3-2-4-17(18)20(21,22)23)25-10-12-26(13-11-25)15-6-8-16(27)9-7-15/h2-9,14,27H,10-13H2,1H3,(H,24,28). The molecular formula is C20H22F3N3O2. The van der Waals surface area contributed by atoms with Crippen LogP contribution in [0.25, 0.3) is 0 Å². The van der Waals surface area contributed by atoms with Crippen molar-refractivity contribution in [3.05, 3.63) is 54.1 Å². The fraction of sp³-hybridized carbons (Fsp3) is 0.350. The van der Waals surface area contributed by atoms with Crippen LogP contribution < -0.4 is 10.2 Å². The number of piperazine rings is 1. The summed E-state index contributed by atoms with van der Waals surface area (Å²) in [4.78, 5) is 16.6. The molecule has 8 heteroatoms. The molecule has 1 aliphatic rings. The molecule has 1 saturated heterocycles. The molecule has 2 aromatic rings. The van der Waals surface area contributed by atoms with Crippen molar-refractivity contribution in [2.24, 2.45) is 0 Å². The molecule has 0 spiro atoms. The summed E-state index contributed by atoms with van der Waals surface area (Å²) in [6.07, 6.45) is -4.52. The third-order valence-electron chi connectivity index (χ3n) is 4.95. The van der Waals surface area contributed by atoms with Crippen molar-refractivity contribution in [3.63, 3.8) is 0 Å². The molecule has 1 amide bonds. The maximum atomic E-state index is 13.1. The molecule has 1 heterocycles. The lowest BCUT2D eigenvalue weighted by atomic mass is 10.1. The van der Waals surface area contributed by atoms with Crippen molar-refractivity contribution in [1.82, 2.24) is 4.90 Å². The van der Waals surface area contributed by atoms with Gasteiger partial charge in [0.1, 0.15) is 5.75 Å². The van der Waals surface area contributed by atoms with Gasteiger partial charge in [0.2, 0.25) is 5.91 Å². The van der Waals surface area contributed by atoms with E-state index in [0.29, 0.717) is 26.2 Å². The maximum absolute atomic E-state index is 13.1. The van der Waals surface area contributed by atoms with E-state index in [-0.39, 0.29) is 11.4 Å². The minimum atomic E-state index is -4.52. The first-order valence-electron chi connectivity index (χ1n) is 9.01. The molecule has 1 aliphatic heterocycles. The van der Waals surface area contributed by atoms with E-state index in [4.69, 9.17) is 0 Å². The number of alkyl halides is 3. The minimum Gasteiger partial charge on any atom is -0.508 e. The van der Waals surface area contributed by atoms with Crippen molar-refractivity contribution >= 4 is 17.3 Å². The van der Waals surface area contributed by atoms with E-state index in [1.165, 1.54) is 18.2 Å².